The lowest BCUT2D eigenvalue weighted by molar-refractivity contribution is -0.143. The number of aromatic nitrogens is 2. The lowest BCUT2D eigenvalue weighted by Crippen LogP contribution is -2.16. The average molecular weight is 264 g/mol. The quantitative estimate of drug-likeness (QED) is 0.475. The van der Waals surface area contributed by atoms with Crippen LogP contribution in [-0.4, -0.2) is 30.4 Å². The minimum Gasteiger partial charge on any atom is -0.466 e. The molecule has 5 heteroatoms. The Hall–Kier alpha value is -1.54. The highest BCUT2D eigenvalue weighted by atomic mass is 28.3. The number of ether oxygens (including phenoxy) is 1. The minimum atomic E-state index is -1.36. The van der Waals surface area contributed by atoms with Crippen molar-refractivity contribution in [1.29, 1.82) is 0 Å². The molecule has 0 spiro atoms. The van der Waals surface area contributed by atoms with Crippen LogP contribution in [0.3, 0.4) is 0 Å². The van der Waals surface area contributed by atoms with Crippen LogP contribution in [-0.2, 0) is 16.1 Å². The van der Waals surface area contributed by atoms with Gasteiger partial charge < -0.3 is 4.74 Å². The number of nitrogens with zero attached hydrogens (tertiary/aromatic N) is 2. The summed E-state index contributed by atoms with van der Waals surface area (Å²) in [7, 11) is -1.36. The summed E-state index contributed by atoms with van der Waals surface area (Å²) in [5.74, 6) is 2.89. The molecule has 0 saturated carbocycles. The molecule has 98 valence electrons. The summed E-state index contributed by atoms with van der Waals surface area (Å²) >= 11 is 0. The zero-order valence-corrected chi connectivity index (χ0v) is 12.5. The SMILES string of the molecule is CCOC(=O)CCn1ccc(C#C[Si](C)(C)C)n1. The van der Waals surface area contributed by atoms with E-state index in [1.165, 1.54) is 0 Å². The second kappa shape index (κ2) is 6.41. The zero-order chi connectivity index (χ0) is 13.6. The Bertz CT molecular complexity index is 463. The zero-order valence-electron chi connectivity index (χ0n) is 11.5. The number of hydrogen-bond acceptors (Lipinski definition) is 3. The number of carbonyl (C=O) groups is 1. The Morgan fingerprint density at radius 3 is 2.83 bits per heavy atom. The Morgan fingerprint density at radius 1 is 1.50 bits per heavy atom. The first kappa shape index (κ1) is 14.5. The predicted molar refractivity (Wildman–Crippen MR) is 73.7 cm³/mol. The molecule has 1 heterocycles. The van der Waals surface area contributed by atoms with Crippen molar-refractivity contribution in [3.05, 3.63) is 18.0 Å². The minimum absolute atomic E-state index is 0.192. The molecular formula is C13H20N2O2Si. The van der Waals surface area contributed by atoms with E-state index in [-0.39, 0.29) is 5.97 Å². The molecule has 0 fully saturated rings. The Morgan fingerprint density at radius 2 is 2.22 bits per heavy atom. The van der Waals surface area contributed by atoms with E-state index in [0.29, 0.717) is 19.6 Å². The number of aryl methyl sites for hydroxylation is 1. The summed E-state index contributed by atoms with van der Waals surface area (Å²) in [4.78, 5) is 11.2. The van der Waals surface area contributed by atoms with Gasteiger partial charge in [-0.1, -0.05) is 25.6 Å². The summed E-state index contributed by atoms with van der Waals surface area (Å²) < 4.78 is 6.59. The average Bonchev–Trinajstić information content (AvgIpc) is 2.71. The van der Waals surface area contributed by atoms with Crippen LogP contribution < -0.4 is 0 Å². The van der Waals surface area contributed by atoms with Gasteiger partial charge in [0.15, 0.2) is 0 Å². The molecule has 0 amide bonds. The predicted octanol–water partition coefficient (Wildman–Crippen LogP) is 2.07. The third-order valence-electron chi connectivity index (χ3n) is 2.06. The molecule has 0 N–H and O–H groups in total. The molecular weight excluding hydrogens is 244 g/mol. The van der Waals surface area contributed by atoms with Crippen molar-refractivity contribution in [1.82, 2.24) is 9.78 Å². The highest BCUT2D eigenvalue weighted by molar-refractivity contribution is 6.83. The van der Waals surface area contributed by atoms with Crippen LogP contribution in [0.5, 0.6) is 0 Å². The maximum atomic E-state index is 11.2. The van der Waals surface area contributed by atoms with E-state index in [4.69, 9.17) is 4.74 Å². The fourth-order valence-electron chi connectivity index (χ4n) is 1.24. The van der Waals surface area contributed by atoms with Gasteiger partial charge in [0, 0.05) is 6.20 Å². The van der Waals surface area contributed by atoms with Gasteiger partial charge in [-0.2, -0.15) is 5.10 Å². The molecule has 0 aromatic carbocycles. The van der Waals surface area contributed by atoms with Crippen LogP contribution in [0.2, 0.25) is 19.6 Å². The molecule has 18 heavy (non-hydrogen) atoms. The molecule has 1 aromatic rings. The summed E-state index contributed by atoms with van der Waals surface area (Å²) in [5, 5.41) is 4.30. The summed E-state index contributed by atoms with van der Waals surface area (Å²) in [6.45, 7) is 9.33. The molecule has 0 saturated heterocycles. The maximum Gasteiger partial charge on any atom is 0.307 e. The normalized spacial score (nSPS) is 10.7. The second-order valence-electron chi connectivity index (χ2n) is 5.02. The van der Waals surface area contributed by atoms with Crippen LogP contribution in [0.15, 0.2) is 12.3 Å². The summed E-state index contributed by atoms with van der Waals surface area (Å²) in [5.41, 5.74) is 4.02. The molecule has 0 aliphatic rings. The van der Waals surface area contributed by atoms with Gasteiger partial charge in [0.05, 0.1) is 19.6 Å². The summed E-state index contributed by atoms with van der Waals surface area (Å²) in [6.07, 6.45) is 2.18. The van der Waals surface area contributed by atoms with Crippen molar-refractivity contribution < 1.29 is 9.53 Å². The van der Waals surface area contributed by atoms with Crippen molar-refractivity contribution >= 4 is 14.0 Å². The van der Waals surface area contributed by atoms with Crippen molar-refractivity contribution in [2.24, 2.45) is 0 Å². The first-order chi connectivity index (χ1) is 8.40. The molecule has 0 bridgehead atoms. The van der Waals surface area contributed by atoms with E-state index < -0.39 is 8.07 Å². The standard InChI is InChI=1S/C13H20N2O2Si/c1-5-17-13(16)7-10-15-9-6-12(14-15)8-11-18(2,3)4/h6,9H,5,7,10H2,1-4H3. The van der Waals surface area contributed by atoms with E-state index in [0.717, 1.165) is 5.69 Å². The molecule has 0 aliphatic heterocycles. The first-order valence-corrected chi connectivity index (χ1v) is 9.63. The van der Waals surface area contributed by atoms with Gasteiger partial charge in [-0.05, 0) is 13.0 Å². The Balaban J connectivity index is 2.53. The lowest BCUT2D eigenvalue weighted by Gasteiger charge is -2.02. The molecule has 0 aliphatic carbocycles. The molecule has 0 atom stereocenters. The van der Waals surface area contributed by atoms with E-state index in [1.54, 1.807) is 11.6 Å². The van der Waals surface area contributed by atoms with Gasteiger partial charge in [0.25, 0.3) is 0 Å². The largest absolute Gasteiger partial charge is 0.466 e. The van der Waals surface area contributed by atoms with Gasteiger partial charge >= 0.3 is 5.97 Å². The highest BCUT2D eigenvalue weighted by Crippen LogP contribution is 2.00. The third kappa shape index (κ3) is 5.69. The molecule has 1 rings (SSSR count). The lowest BCUT2D eigenvalue weighted by atomic mass is 10.4. The van der Waals surface area contributed by atoms with Gasteiger partial charge in [-0.3, -0.25) is 9.48 Å². The fourth-order valence-corrected chi connectivity index (χ4v) is 1.75. The van der Waals surface area contributed by atoms with Crippen molar-refractivity contribution in [3.63, 3.8) is 0 Å². The van der Waals surface area contributed by atoms with Crippen LogP contribution in [0.1, 0.15) is 19.0 Å². The van der Waals surface area contributed by atoms with Crippen molar-refractivity contribution in [3.8, 4) is 11.5 Å². The van der Waals surface area contributed by atoms with Crippen LogP contribution in [0.25, 0.3) is 0 Å². The first-order valence-electron chi connectivity index (χ1n) is 6.13. The second-order valence-corrected chi connectivity index (χ2v) is 9.77. The van der Waals surface area contributed by atoms with Crippen molar-refractivity contribution in [2.45, 2.75) is 39.5 Å². The van der Waals surface area contributed by atoms with Crippen LogP contribution >= 0.6 is 0 Å². The Kier molecular flexibility index (Phi) is 5.17. The van der Waals surface area contributed by atoms with E-state index >= 15 is 0 Å². The molecule has 4 nitrogen and oxygen atoms in total. The van der Waals surface area contributed by atoms with E-state index in [1.807, 2.05) is 12.3 Å². The number of esters is 1. The fraction of sp³-hybridized carbons (Fsp3) is 0.538. The van der Waals surface area contributed by atoms with Gasteiger partial charge in [0.2, 0.25) is 0 Å². The van der Waals surface area contributed by atoms with Crippen molar-refractivity contribution in [2.75, 3.05) is 6.61 Å². The van der Waals surface area contributed by atoms with E-state index in [2.05, 4.69) is 36.2 Å². The highest BCUT2D eigenvalue weighted by Gasteiger charge is 2.08. The van der Waals surface area contributed by atoms with E-state index in [9.17, 15) is 4.79 Å². The summed E-state index contributed by atoms with van der Waals surface area (Å²) in [6, 6.07) is 1.87. The van der Waals surface area contributed by atoms with Crippen LogP contribution in [0.4, 0.5) is 0 Å². The third-order valence-corrected chi connectivity index (χ3v) is 2.93. The topological polar surface area (TPSA) is 44.1 Å². The number of hydrogen-bond donors (Lipinski definition) is 0. The monoisotopic (exact) mass is 264 g/mol. The molecule has 0 radical (unpaired) electrons. The van der Waals surface area contributed by atoms with Gasteiger partial charge in [-0.25, -0.2) is 0 Å². The number of carbonyl (C=O) groups excluding carboxylic acids is 1. The van der Waals surface area contributed by atoms with Crippen LogP contribution in [0, 0.1) is 11.5 Å². The maximum absolute atomic E-state index is 11.2. The Labute approximate surface area is 109 Å². The molecule has 0 unspecified atom stereocenters. The number of rotatable bonds is 4. The molecule has 1 aromatic heterocycles. The smallest absolute Gasteiger partial charge is 0.307 e. The van der Waals surface area contributed by atoms with Gasteiger partial charge in [0.1, 0.15) is 13.8 Å². The van der Waals surface area contributed by atoms with Gasteiger partial charge in [-0.15, -0.1) is 5.54 Å².